The average Bonchev–Trinajstić information content (AvgIpc) is 4.15. The van der Waals surface area contributed by atoms with Crippen LogP contribution in [0.15, 0.2) is 48.8 Å². The maximum Gasteiger partial charge on any atom is 0.387 e. The predicted molar refractivity (Wildman–Crippen MR) is 219 cm³/mol. The molecule has 7 rings (SSSR count). The van der Waals surface area contributed by atoms with E-state index in [-0.39, 0.29) is 51.5 Å². The first kappa shape index (κ1) is 43.5. The lowest BCUT2D eigenvalue weighted by atomic mass is 10.0. The number of ether oxygens (including phenoxy) is 5. The third-order valence-corrected chi connectivity index (χ3v) is 13.5. The molecule has 2 saturated heterocycles. The number of alkyl halides is 2. The predicted octanol–water partition coefficient (Wildman–Crippen LogP) is 7.07. The molecule has 0 radical (unpaired) electrons. The molecule has 1 amide bonds. The molecule has 59 heavy (non-hydrogen) atoms. The summed E-state index contributed by atoms with van der Waals surface area (Å²) in [6.07, 6.45) is 6.11. The minimum atomic E-state index is -3.79. The van der Waals surface area contributed by atoms with Gasteiger partial charge in [0.1, 0.15) is 11.9 Å². The number of sulfonamides is 1. The number of carbonyl (C=O) groups excluding carboxylic acids is 2. The van der Waals surface area contributed by atoms with Gasteiger partial charge in [0.25, 0.3) is 5.91 Å². The topological polar surface area (TPSA) is 146 Å². The third kappa shape index (κ3) is 12.5. The van der Waals surface area contributed by atoms with Gasteiger partial charge in [0, 0.05) is 55.8 Å². The highest BCUT2D eigenvalue weighted by atomic mass is 35.5. The fraction of sp³-hybridized carbons (Fsp3) is 0.525. The molecule has 1 unspecified atom stereocenters. The monoisotopic (exact) mass is 898 g/mol. The summed E-state index contributed by atoms with van der Waals surface area (Å²) in [5.41, 5.74) is 1.12. The first-order valence-electron chi connectivity index (χ1n) is 19.6. The normalized spacial score (nSPS) is 19.1. The maximum absolute atomic E-state index is 14.3. The van der Waals surface area contributed by atoms with Crippen molar-refractivity contribution in [1.82, 2.24) is 14.8 Å². The number of benzene rings is 2. The number of amides is 1. The van der Waals surface area contributed by atoms with Gasteiger partial charge < -0.3 is 28.6 Å². The van der Waals surface area contributed by atoms with Crippen LogP contribution < -0.4 is 18.9 Å². The van der Waals surface area contributed by atoms with Gasteiger partial charge in [0.05, 0.1) is 47.9 Å². The van der Waals surface area contributed by atoms with Crippen molar-refractivity contribution in [2.75, 3.05) is 68.8 Å². The number of carbonyl (C=O) groups is 2. The summed E-state index contributed by atoms with van der Waals surface area (Å²) < 4.78 is 84.0. The highest BCUT2D eigenvalue weighted by molar-refractivity contribution is 8.00. The fourth-order valence-electron chi connectivity index (χ4n) is 6.70. The zero-order valence-electron chi connectivity index (χ0n) is 32.2. The number of halogens is 4. The molecule has 0 spiro atoms. The number of hydrogen-bond acceptors (Lipinski definition) is 12. The Morgan fingerprint density at radius 2 is 1.66 bits per heavy atom. The van der Waals surface area contributed by atoms with Crippen LogP contribution in [0, 0.1) is 11.8 Å². The minimum absolute atomic E-state index is 0.0231. The van der Waals surface area contributed by atoms with Crippen molar-refractivity contribution >= 4 is 62.6 Å². The van der Waals surface area contributed by atoms with Gasteiger partial charge >= 0.3 is 12.6 Å². The first-order chi connectivity index (χ1) is 28.4. The molecule has 2 saturated carbocycles. The van der Waals surface area contributed by atoms with Crippen LogP contribution in [-0.4, -0.2) is 111 Å². The Hall–Kier alpha value is -3.61. The fourth-order valence-corrected chi connectivity index (χ4v) is 9.41. The summed E-state index contributed by atoms with van der Waals surface area (Å²) in [6.45, 7) is 1.17. The van der Waals surface area contributed by atoms with Gasteiger partial charge in [-0.2, -0.15) is 8.78 Å². The number of aromatic nitrogens is 1. The van der Waals surface area contributed by atoms with E-state index in [0.717, 1.165) is 38.8 Å². The van der Waals surface area contributed by atoms with Crippen LogP contribution in [0.5, 0.6) is 17.2 Å². The molecule has 13 nitrogen and oxygen atoms in total. The minimum Gasteiger partial charge on any atom is -0.493 e. The number of morpholine rings is 1. The maximum atomic E-state index is 14.3. The summed E-state index contributed by atoms with van der Waals surface area (Å²) >= 11 is 14.2. The SMILES string of the molecule is O=C(O[C@@H](Cc1c(Cl)cncc1Cl)c1ccc(OC(F)F)c(OCC2CC2)c1)C1SCCN1C(=O)c1cc(NS(=O)(=O)CCCN2CCOCC2)cc(OCC2CC2)c1. The molecule has 2 aliphatic carbocycles. The molecular formula is C40H46Cl2F2N4O9S2. The zero-order valence-corrected chi connectivity index (χ0v) is 35.3. The lowest BCUT2D eigenvalue weighted by Gasteiger charge is -2.27. The number of rotatable bonds is 20. The summed E-state index contributed by atoms with van der Waals surface area (Å²) in [5.74, 6) is -0.0749. The average molecular weight is 900 g/mol. The van der Waals surface area contributed by atoms with Crippen molar-refractivity contribution in [3.05, 3.63) is 75.5 Å². The summed E-state index contributed by atoms with van der Waals surface area (Å²) in [4.78, 5) is 36.0. The molecule has 2 atom stereocenters. The van der Waals surface area contributed by atoms with Crippen molar-refractivity contribution in [1.29, 1.82) is 0 Å². The molecule has 0 bridgehead atoms. The molecular weight excluding hydrogens is 853 g/mol. The molecule has 1 N–H and O–H groups in total. The molecule has 3 aromatic rings. The van der Waals surface area contributed by atoms with Gasteiger partial charge in [-0.15, -0.1) is 11.8 Å². The third-order valence-electron chi connectivity index (χ3n) is 10.3. The van der Waals surface area contributed by atoms with Crippen LogP contribution in [0.3, 0.4) is 0 Å². The van der Waals surface area contributed by atoms with Gasteiger partial charge in [-0.25, -0.2) is 13.2 Å². The van der Waals surface area contributed by atoms with Crippen LogP contribution in [-0.2, 0) is 30.7 Å². The van der Waals surface area contributed by atoms with E-state index in [2.05, 4.69) is 14.6 Å². The second kappa shape index (κ2) is 19.8. The highest BCUT2D eigenvalue weighted by Gasteiger charge is 2.39. The van der Waals surface area contributed by atoms with E-state index in [1.54, 1.807) is 12.1 Å². The molecule has 2 aromatic carbocycles. The molecule has 2 aliphatic heterocycles. The lowest BCUT2D eigenvalue weighted by Crippen LogP contribution is -2.41. The van der Waals surface area contributed by atoms with Crippen molar-refractivity contribution < 1.29 is 50.5 Å². The van der Waals surface area contributed by atoms with Gasteiger partial charge in [-0.3, -0.25) is 19.4 Å². The zero-order chi connectivity index (χ0) is 41.5. The van der Waals surface area contributed by atoms with Gasteiger partial charge in [-0.05, 0) is 85.9 Å². The molecule has 1 aromatic heterocycles. The van der Waals surface area contributed by atoms with Gasteiger partial charge in [0.2, 0.25) is 10.0 Å². The van der Waals surface area contributed by atoms with E-state index in [4.69, 9.17) is 46.9 Å². The number of hydrogen-bond donors (Lipinski definition) is 1. The molecule has 320 valence electrons. The van der Waals surface area contributed by atoms with Crippen LogP contribution >= 0.6 is 35.0 Å². The van der Waals surface area contributed by atoms with E-state index >= 15 is 0 Å². The summed E-state index contributed by atoms with van der Waals surface area (Å²) in [6, 6.07) is 8.86. The molecule has 19 heteroatoms. The highest BCUT2D eigenvalue weighted by Crippen LogP contribution is 2.39. The van der Waals surface area contributed by atoms with Crippen molar-refractivity contribution in [2.24, 2.45) is 11.8 Å². The standard InChI is InChI=1S/C40H46Cl2F2N4O9S2/c41-32-21-45-22-33(42)31(32)20-35(27-6-7-34(57-40(43)44)36(18-27)55-24-26-4-5-26)56-39(50)38-48(11-14-58-38)37(49)28-16-29(19-30(17-28)54-23-25-2-3-25)46-59(51,52)15-1-8-47-9-12-53-13-10-47/h6-7,16-19,21-22,25-26,35,38,40,46H,1-5,8-15,20,23-24H2/t35-,38?/m0/s1. The number of esters is 1. The van der Waals surface area contributed by atoms with Crippen molar-refractivity contribution in [3.63, 3.8) is 0 Å². The second-order valence-electron chi connectivity index (χ2n) is 15.0. The first-order valence-corrected chi connectivity index (χ1v) is 23.1. The summed E-state index contributed by atoms with van der Waals surface area (Å²) in [7, 11) is -3.79. The van der Waals surface area contributed by atoms with Crippen LogP contribution in [0.1, 0.15) is 59.7 Å². The number of pyridine rings is 1. The Kier molecular flexibility index (Phi) is 14.6. The van der Waals surface area contributed by atoms with E-state index < -0.39 is 40.0 Å². The molecule has 3 heterocycles. The second-order valence-corrected chi connectivity index (χ2v) is 18.8. The quantitative estimate of drug-likeness (QED) is 0.116. The smallest absolute Gasteiger partial charge is 0.387 e. The van der Waals surface area contributed by atoms with Gasteiger partial charge in [0.15, 0.2) is 16.9 Å². The van der Waals surface area contributed by atoms with Crippen molar-refractivity contribution in [2.45, 2.75) is 56.6 Å². The number of nitrogens with one attached hydrogen (secondary N) is 1. The number of thioether (sulfide) groups is 1. The Labute approximate surface area is 356 Å². The van der Waals surface area contributed by atoms with Crippen LogP contribution in [0.2, 0.25) is 10.0 Å². The Bertz CT molecular complexity index is 2050. The Morgan fingerprint density at radius 3 is 2.36 bits per heavy atom. The Balaban J connectivity index is 1.10. The van der Waals surface area contributed by atoms with E-state index in [9.17, 15) is 26.8 Å². The molecule has 4 fully saturated rings. The largest absolute Gasteiger partial charge is 0.493 e. The molecule has 4 aliphatic rings. The van der Waals surface area contributed by atoms with Gasteiger partial charge in [-0.1, -0.05) is 29.3 Å². The summed E-state index contributed by atoms with van der Waals surface area (Å²) in [5, 5.41) is -0.640. The van der Waals surface area contributed by atoms with E-state index in [0.29, 0.717) is 73.9 Å². The Morgan fingerprint density at radius 1 is 0.949 bits per heavy atom. The number of anilines is 1. The van der Waals surface area contributed by atoms with Crippen molar-refractivity contribution in [3.8, 4) is 17.2 Å². The van der Waals surface area contributed by atoms with Crippen LogP contribution in [0.4, 0.5) is 14.5 Å². The number of nitrogens with zero attached hydrogens (tertiary/aromatic N) is 3. The lowest BCUT2D eigenvalue weighted by molar-refractivity contribution is -0.151. The van der Waals surface area contributed by atoms with Crippen LogP contribution in [0.25, 0.3) is 0 Å². The van der Waals surface area contributed by atoms with E-state index in [1.807, 2.05) is 0 Å². The van der Waals surface area contributed by atoms with E-state index in [1.165, 1.54) is 53.3 Å².